The van der Waals surface area contributed by atoms with Crippen molar-refractivity contribution in [1.29, 1.82) is 0 Å². The second-order valence-electron chi connectivity index (χ2n) is 13.2. The van der Waals surface area contributed by atoms with Gasteiger partial charge in [-0.1, -0.05) is 72.8 Å². The minimum atomic E-state index is -1.15. The summed E-state index contributed by atoms with van der Waals surface area (Å²) in [5.74, 6) is 0.709. The number of benzene rings is 3. The largest absolute Gasteiger partial charge is 0.491 e. The summed E-state index contributed by atoms with van der Waals surface area (Å²) in [6.45, 7) is 13.1. The van der Waals surface area contributed by atoms with E-state index in [1.807, 2.05) is 98.8 Å². The van der Waals surface area contributed by atoms with E-state index < -0.39 is 35.5 Å². The van der Waals surface area contributed by atoms with E-state index in [1.54, 1.807) is 25.7 Å². The molecule has 1 aliphatic carbocycles. The Morgan fingerprint density at radius 1 is 0.978 bits per heavy atom. The van der Waals surface area contributed by atoms with Gasteiger partial charge in [-0.05, 0) is 94.7 Å². The van der Waals surface area contributed by atoms with E-state index in [-0.39, 0.29) is 19.3 Å². The summed E-state index contributed by atoms with van der Waals surface area (Å²) in [6.07, 6.45) is 1.90. The van der Waals surface area contributed by atoms with Crippen LogP contribution in [0.3, 0.4) is 0 Å². The zero-order valence-corrected chi connectivity index (χ0v) is 27.7. The van der Waals surface area contributed by atoms with Crippen molar-refractivity contribution in [3.8, 4) is 5.75 Å². The molecule has 0 bridgehead atoms. The molecule has 1 saturated carbocycles. The van der Waals surface area contributed by atoms with Gasteiger partial charge in [0.15, 0.2) is 0 Å². The van der Waals surface area contributed by atoms with Crippen LogP contribution in [0.5, 0.6) is 5.75 Å². The Labute approximate surface area is 273 Å². The van der Waals surface area contributed by atoms with E-state index in [1.165, 1.54) is 0 Å². The number of rotatable bonds is 14. The maximum Gasteiger partial charge on any atom is 0.410 e. The van der Waals surface area contributed by atoms with Crippen molar-refractivity contribution in [1.82, 2.24) is 10.2 Å². The molecule has 0 heterocycles. The summed E-state index contributed by atoms with van der Waals surface area (Å²) in [5.41, 5.74) is 2.35. The first-order valence-electron chi connectivity index (χ1n) is 16.0. The molecule has 0 aromatic heterocycles. The van der Waals surface area contributed by atoms with Crippen molar-refractivity contribution in [2.45, 2.75) is 96.3 Å². The predicted molar refractivity (Wildman–Crippen MR) is 180 cm³/mol. The molecule has 2 N–H and O–H groups in total. The Hall–Kier alpha value is -4.30. The van der Waals surface area contributed by atoms with Crippen molar-refractivity contribution in [3.05, 3.63) is 114 Å². The van der Waals surface area contributed by atoms with Gasteiger partial charge >= 0.3 is 12.2 Å². The van der Waals surface area contributed by atoms with Gasteiger partial charge in [-0.3, -0.25) is 4.90 Å². The van der Waals surface area contributed by atoms with Gasteiger partial charge in [0, 0.05) is 0 Å². The number of ether oxygens (including phenoxy) is 3. The van der Waals surface area contributed by atoms with E-state index in [4.69, 9.17) is 14.2 Å². The van der Waals surface area contributed by atoms with Gasteiger partial charge in [-0.25, -0.2) is 9.59 Å². The lowest BCUT2D eigenvalue weighted by molar-refractivity contribution is 0.0230. The standard InChI is InChI=1S/C38H48N2O6/c1-7-13-28-16-11-17-30(22-28)23-33(39-35(42)46-37(4,5)6)34(41)25-40(36(43)44-26-29-14-9-8-10-15-29)38(20-21-38)31-18-12-19-32(24-31)45-27(2)3/h7-12,14-19,22,24,27,33-34,41H,1,13,20-21,23,25-26H2,2-6H3,(H,39,42)/t33-,34+/m0/s1. The first-order chi connectivity index (χ1) is 21.9. The lowest BCUT2D eigenvalue weighted by atomic mass is 9.97. The highest BCUT2D eigenvalue weighted by Crippen LogP contribution is 2.52. The van der Waals surface area contributed by atoms with Gasteiger partial charge in [0.2, 0.25) is 0 Å². The monoisotopic (exact) mass is 628 g/mol. The van der Waals surface area contributed by atoms with Gasteiger partial charge in [-0.2, -0.15) is 0 Å². The Bertz CT molecular complexity index is 1460. The summed E-state index contributed by atoms with van der Waals surface area (Å²) >= 11 is 0. The molecule has 46 heavy (non-hydrogen) atoms. The molecule has 0 radical (unpaired) electrons. The SMILES string of the molecule is C=CCc1cccc(C[C@H](NC(=O)OC(C)(C)C)[C@H](O)CN(C(=O)OCc2ccccc2)C2(c3cccc(OC(C)C)c3)CC2)c1. The summed E-state index contributed by atoms with van der Waals surface area (Å²) < 4.78 is 17.4. The molecule has 1 fully saturated rings. The van der Waals surface area contributed by atoms with Crippen LogP contribution in [-0.2, 0) is 34.5 Å². The highest BCUT2D eigenvalue weighted by Gasteiger charge is 2.53. The molecule has 0 aliphatic heterocycles. The number of carbonyl (C=O) groups excluding carboxylic acids is 2. The van der Waals surface area contributed by atoms with E-state index in [0.29, 0.717) is 31.4 Å². The maximum atomic E-state index is 13.9. The molecule has 8 heteroatoms. The molecule has 2 atom stereocenters. The molecule has 8 nitrogen and oxygen atoms in total. The Kier molecular flexibility index (Phi) is 11.5. The van der Waals surface area contributed by atoms with Crippen LogP contribution in [0.2, 0.25) is 0 Å². The summed E-state index contributed by atoms with van der Waals surface area (Å²) in [5, 5.41) is 14.7. The van der Waals surface area contributed by atoms with Crippen LogP contribution < -0.4 is 10.1 Å². The van der Waals surface area contributed by atoms with Crippen LogP contribution in [0.4, 0.5) is 9.59 Å². The van der Waals surface area contributed by atoms with Crippen LogP contribution in [0, 0.1) is 0 Å². The third-order valence-corrected chi connectivity index (χ3v) is 7.77. The number of amides is 2. The third kappa shape index (κ3) is 9.85. The average molecular weight is 629 g/mol. The van der Waals surface area contributed by atoms with E-state index in [0.717, 1.165) is 22.3 Å². The fraction of sp³-hybridized carbons (Fsp3) is 0.421. The fourth-order valence-electron chi connectivity index (χ4n) is 5.55. The smallest absolute Gasteiger partial charge is 0.410 e. The lowest BCUT2D eigenvalue weighted by Crippen LogP contribution is -2.53. The van der Waals surface area contributed by atoms with Crippen LogP contribution in [0.15, 0.2) is 91.5 Å². The molecular weight excluding hydrogens is 580 g/mol. The maximum absolute atomic E-state index is 13.9. The first kappa shape index (κ1) is 34.6. The predicted octanol–water partition coefficient (Wildman–Crippen LogP) is 7.33. The van der Waals surface area contributed by atoms with Crippen molar-refractivity contribution < 1.29 is 28.9 Å². The Morgan fingerprint density at radius 2 is 1.65 bits per heavy atom. The number of allylic oxidation sites excluding steroid dienone is 1. The summed E-state index contributed by atoms with van der Waals surface area (Å²) in [6, 6.07) is 24.4. The molecule has 3 aromatic carbocycles. The molecule has 0 spiro atoms. The Morgan fingerprint density at radius 3 is 2.30 bits per heavy atom. The number of aliphatic hydroxyl groups excluding tert-OH is 1. The van der Waals surface area contributed by atoms with Crippen molar-refractivity contribution in [3.63, 3.8) is 0 Å². The van der Waals surface area contributed by atoms with E-state index in [2.05, 4.69) is 11.9 Å². The van der Waals surface area contributed by atoms with Gasteiger partial charge in [0.1, 0.15) is 18.0 Å². The number of alkyl carbamates (subject to hydrolysis) is 1. The minimum Gasteiger partial charge on any atom is -0.491 e. The van der Waals surface area contributed by atoms with Crippen molar-refractivity contribution in [2.75, 3.05) is 6.54 Å². The van der Waals surface area contributed by atoms with Gasteiger partial charge in [0.05, 0.1) is 30.3 Å². The third-order valence-electron chi connectivity index (χ3n) is 7.77. The zero-order chi connectivity index (χ0) is 33.3. The summed E-state index contributed by atoms with van der Waals surface area (Å²) in [7, 11) is 0. The first-order valence-corrected chi connectivity index (χ1v) is 16.0. The highest BCUT2D eigenvalue weighted by molar-refractivity contribution is 5.71. The molecule has 0 saturated heterocycles. The Balaban J connectivity index is 1.64. The normalized spacial score (nSPS) is 14.9. The zero-order valence-electron chi connectivity index (χ0n) is 27.7. The van der Waals surface area contributed by atoms with Gasteiger partial charge in [-0.15, -0.1) is 6.58 Å². The van der Waals surface area contributed by atoms with E-state index >= 15 is 0 Å². The number of aliphatic hydroxyl groups is 1. The number of nitrogens with one attached hydrogen (secondary N) is 1. The molecule has 2 amide bonds. The van der Waals surface area contributed by atoms with Crippen molar-refractivity contribution >= 4 is 12.2 Å². The average Bonchev–Trinajstić information content (AvgIpc) is 3.80. The summed E-state index contributed by atoms with van der Waals surface area (Å²) in [4.78, 5) is 28.5. The highest BCUT2D eigenvalue weighted by atomic mass is 16.6. The molecule has 4 rings (SSSR count). The molecular formula is C38H48N2O6. The van der Waals surface area contributed by atoms with Crippen LogP contribution in [-0.4, -0.2) is 52.6 Å². The lowest BCUT2D eigenvalue weighted by Gasteiger charge is -2.36. The quantitative estimate of drug-likeness (QED) is 0.182. The minimum absolute atomic E-state index is 0.0103. The second kappa shape index (κ2) is 15.3. The molecule has 1 aliphatic rings. The number of hydrogen-bond acceptors (Lipinski definition) is 6. The van der Waals surface area contributed by atoms with Crippen LogP contribution in [0.25, 0.3) is 0 Å². The van der Waals surface area contributed by atoms with E-state index in [9.17, 15) is 14.7 Å². The number of nitrogens with zero attached hydrogens (tertiary/aromatic N) is 1. The van der Waals surface area contributed by atoms with Crippen LogP contribution >= 0.6 is 0 Å². The fourth-order valence-corrected chi connectivity index (χ4v) is 5.55. The van der Waals surface area contributed by atoms with Gasteiger partial charge < -0.3 is 24.6 Å². The van der Waals surface area contributed by atoms with Crippen molar-refractivity contribution in [2.24, 2.45) is 0 Å². The second-order valence-corrected chi connectivity index (χ2v) is 13.2. The number of carbonyl (C=O) groups is 2. The van der Waals surface area contributed by atoms with Crippen LogP contribution in [0.1, 0.15) is 69.7 Å². The van der Waals surface area contributed by atoms with Gasteiger partial charge in [0.25, 0.3) is 0 Å². The topological polar surface area (TPSA) is 97.3 Å². The number of hydrogen-bond donors (Lipinski definition) is 2. The molecule has 246 valence electrons. The molecule has 0 unspecified atom stereocenters. The molecule has 3 aromatic rings.